The van der Waals surface area contributed by atoms with Crippen LogP contribution in [0.3, 0.4) is 0 Å². The summed E-state index contributed by atoms with van der Waals surface area (Å²) in [6.45, 7) is 1.89. The summed E-state index contributed by atoms with van der Waals surface area (Å²) in [6.07, 6.45) is 0. The summed E-state index contributed by atoms with van der Waals surface area (Å²) in [5.74, 6) is 0.728. The van der Waals surface area contributed by atoms with Crippen LogP contribution >= 0.6 is 15.9 Å². The molecule has 0 unspecified atom stereocenters. The lowest BCUT2D eigenvalue weighted by molar-refractivity contribution is 0.425. The second-order valence-corrected chi connectivity index (χ2v) is 5.16. The topological polar surface area (TPSA) is 72.0 Å². The number of nitrogens with zero attached hydrogens (tertiary/aromatic N) is 3. The minimum absolute atomic E-state index is 0.0839. The molecule has 2 aromatic heterocycles. The van der Waals surface area contributed by atoms with Gasteiger partial charge in [0.25, 0.3) is 5.89 Å². The SMILES string of the molecule is Cc1cccc(-c2noc(-c3cc(Br)ccc3O)n2)n1. The lowest BCUT2D eigenvalue weighted by Gasteiger charge is -1.99. The molecule has 0 saturated carbocycles. The Hall–Kier alpha value is -2.21. The fourth-order valence-electron chi connectivity index (χ4n) is 1.78. The number of aryl methyl sites for hydroxylation is 1. The molecule has 5 nitrogen and oxygen atoms in total. The molecule has 20 heavy (non-hydrogen) atoms. The summed E-state index contributed by atoms with van der Waals surface area (Å²) >= 11 is 3.34. The number of hydrogen-bond acceptors (Lipinski definition) is 5. The molecule has 0 aliphatic rings. The van der Waals surface area contributed by atoms with E-state index >= 15 is 0 Å². The molecule has 0 saturated heterocycles. The number of benzene rings is 1. The molecule has 3 rings (SSSR count). The Labute approximate surface area is 123 Å². The molecule has 0 atom stereocenters. The highest BCUT2D eigenvalue weighted by molar-refractivity contribution is 9.10. The van der Waals surface area contributed by atoms with E-state index in [-0.39, 0.29) is 11.6 Å². The number of halogens is 1. The lowest BCUT2D eigenvalue weighted by atomic mass is 10.2. The van der Waals surface area contributed by atoms with E-state index in [1.54, 1.807) is 18.2 Å². The highest BCUT2D eigenvalue weighted by Gasteiger charge is 2.15. The number of aromatic hydroxyl groups is 1. The van der Waals surface area contributed by atoms with Gasteiger partial charge in [0.2, 0.25) is 5.82 Å². The van der Waals surface area contributed by atoms with Crippen molar-refractivity contribution < 1.29 is 9.63 Å². The van der Waals surface area contributed by atoms with Crippen molar-refractivity contribution in [3.63, 3.8) is 0 Å². The summed E-state index contributed by atoms with van der Waals surface area (Å²) in [4.78, 5) is 8.61. The molecule has 3 aromatic rings. The number of pyridine rings is 1. The van der Waals surface area contributed by atoms with E-state index < -0.39 is 0 Å². The molecule has 0 aliphatic heterocycles. The zero-order valence-electron chi connectivity index (χ0n) is 10.5. The van der Waals surface area contributed by atoms with Crippen LogP contribution in [0.25, 0.3) is 23.0 Å². The first-order valence-corrected chi connectivity index (χ1v) is 6.69. The summed E-state index contributed by atoms with van der Waals surface area (Å²) < 4.78 is 6.02. The Morgan fingerprint density at radius 3 is 2.80 bits per heavy atom. The second kappa shape index (κ2) is 5.05. The van der Waals surface area contributed by atoms with Crippen LogP contribution in [0.15, 0.2) is 45.4 Å². The van der Waals surface area contributed by atoms with Crippen LogP contribution in [-0.4, -0.2) is 20.2 Å². The van der Waals surface area contributed by atoms with Crippen molar-refractivity contribution >= 4 is 15.9 Å². The van der Waals surface area contributed by atoms with Crippen LogP contribution in [0, 0.1) is 6.92 Å². The maximum absolute atomic E-state index is 9.85. The van der Waals surface area contributed by atoms with E-state index in [1.807, 2.05) is 25.1 Å². The standard InChI is InChI=1S/C14H10BrN3O2/c1-8-3-2-4-11(16-8)13-17-14(20-18-13)10-7-9(15)5-6-12(10)19/h2-7,19H,1H3. The van der Waals surface area contributed by atoms with Crippen molar-refractivity contribution in [2.45, 2.75) is 6.92 Å². The molecule has 6 heteroatoms. The van der Waals surface area contributed by atoms with E-state index in [0.717, 1.165) is 10.2 Å². The van der Waals surface area contributed by atoms with Crippen molar-refractivity contribution in [1.29, 1.82) is 0 Å². The van der Waals surface area contributed by atoms with Gasteiger partial charge in [0, 0.05) is 10.2 Å². The first kappa shape index (κ1) is 12.8. The third-order valence-corrected chi connectivity index (χ3v) is 3.23. The molecule has 0 amide bonds. The van der Waals surface area contributed by atoms with Crippen molar-refractivity contribution in [1.82, 2.24) is 15.1 Å². The third-order valence-electron chi connectivity index (χ3n) is 2.73. The van der Waals surface area contributed by atoms with Gasteiger partial charge in [-0.15, -0.1) is 0 Å². The Bertz CT molecular complexity index is 771. The van der Waals surface area contributed by atoms with Crippen molar-refractivity contribution in [2.75, 3.05) is 0 Å². The number of aromatic nitrogens is 3. The highest BCUT2D eigenvalue weighted by atomic mass is 79.9. The van der Waals surface area contributed by atoms with E-state index in [4.69, 9.17) is 4.52 Å². The van der Waals surface area contributed by atoms with E-state index in [0.29, 0.717) is 17.1 Å². The minimum atomic E-state index is 0.0839. The summed E-state index contributed by atoms with van der Waals surface area (Å²) in [5.41, 5.74) is 1.99. The molecule has 1 aromatic carbocycles. The average Bonchev–Trinajstić information content (AvgIpc) is 2.91. The van der Waals surface area contributed by atoms with Gasteiger partial charge in [-0.2, -0.15) is 4.98 Å². The van der Waals surface area contributed by atoms with Gasteiger partial charge >= 0.3 is 0 Å². The predicted octanol–water partition coefficient (Wildman–Crippen LogP) is 3.58. The van der Waals surface area contributed by atoms with E-state index in [1.165, 1.54) is 0 Å². The van der Waals surface area contributed by atoms with Crippen LogP contribution in [-0.2, 0) is 0 Å². The van der Waals surface area contributed by atoms with Gasteiger partial charge in [0.05, 0.1) is 5.56 Å². The van der Waals surface area contributed by atoms with Crippen LogP contribution in [0.5, 0.6) is 5.75 Å². The molecular formula is C14H10BrN3O2. The third kappa shape index (κ3) is 2.42. The molecule has 0 radical (unpaired) electrons. The maximum atomic E-state index is 9.85. The van der Waals surface area contributed by atoms with Crippen LogP contribution in [0.1, 0.15) is 5.69 Å². The van der Waals surface area contributed by atoms with Gasteiger partial charge in [0.15, 0.2) is 0 Å². The Morgan fingerprint density at radius 2 is 2.00 bits per heavy atom. The zero-order chi connectivity index (χ0) is 14.1. The van der Waals surface area contributed by atoms with Crippen LogP contribution in [0.4, 0.5) is 0 Å². The minimum Gasteiger partial charge on any atom is -0.507 e. The molecule has 0 aliphatic carbocycles. The average molecular weight is 332 g/mol. The first-order chi connectivity index (χ1) is 9.63. The van der Waals surface area contributed by atoms with Gasteiger partial charge in [-0.3, -0.25) is 0 Å². The molecule has 1 N–H and O–H groups in total. The largest absolute Gasteiger partial charge is 0.507 e. The van der Waals surface area contributed by atoms with Gasteiger partial charge in [-0.1, -0.05) is 27.2 Å². The second-order valence-electron chi connectivity index (χ2n) is 4.25. The number of phenolic OH excluding ortho intramolecular Hbond substituents is 1. The fraction of sp³-hybridized carbons (Fsp3) is 0.0714. The molecule has 0 bridgehead atoms. The summed E-state index contributed by atoms with van der Waals surface area (Å²) in [5, 5.41) is 13.7. The van der Waals surface area contributed by atoms with E-state index in [2.05, 4.69) is 31.1 Å². The van der Waals surface area contributed by atoms with Gasteiger partial charge in [-0.25, -0.2) is 4.98 Å². The van der Waals surface area contributed by atoms with E-state index in [9.17, 15) is 5.11 Å². The fourth-order valence-corrected chi connectivity index (χ4v) is 2.15. The number of hydrogen-bond donors (Lipinski definition) is 1. The van der Waals surface area contributed by atoms with Crippen LogP contribution in [0.2, 0.25) is 0 Å². The van der Waals surface area contributed by atoms with Gasteiger partial charge in [-0.05, 0) is 37.3 Å². The maximum Gasteiger partial charge on any atom is 0.262 e. The van der Waals surface area contributed by atoms with Crippen molar-refractivity contribution in [3.8, 4) is 28.7 Å². The Morgan fingerprint density at radius 1 is 1.15 bits per heavy atom. The highest BCUT2D eigenvalue weighted by Crippen LogP contribution is 2.31. The Balaban J connectivity index is 2.04. The van der Waals surface area contributed by atoms with Crippen molar-refractivity contribution in [2.24, 2.45) is 0 Å². The molecule has 0 fully saturated rings. The summed E-state index contributed by atoms with van der Waals surface area (Å²) in [6, 6.07) is 10.6. The van der Waals surface area contributed by atoms with Gasteiger partial charge < -0.3 is 9.63 Å². The lowest BCUT2D eigenvalue weighted by Crippen LogP contribution is -1.88. The molecule has 2 heterocycles. The predicted molar refractivity (Wildman–Crippen MR) is 77.1 cm³/mol. The normalized spacial score (nSPS) is 10.7. The molecule has 100 valence electrons. The smallest absolute Gasteiger partial charge is 0.262 e. The van der Waals surface area contributed by atoms with Crippen LogP contribution < -0.4 is 0 Å². The number of rotatable bonds is 2. The van der Waals surface area contributed by atoms with Gasteiger partial charge in [0.1, 0.15) is 11.4 Å². The zero-order valence-corrected chi connectivity index (χ0v) is 12.1. The number of phenols is 1. The van der Waals surface area contributed by atoms with Crippen molar-refractivity contribution in [3.05, 3.63) is 46.6 Å². The Kier molecular flexibility index (Phi) is 3.23. The first-order valence-electron chi connectivity index (χ1n) is 5.90. The molecule has 0 spiro atoms. The summed E-state index contributed by atoms with van der Waals surface area (Å²) in [7, 11) is 0. The monoisotopic (exact) mass is 331 g/mol. The quantitative estimate of drug-likeness (QED) is 0.777. The molecular weight excluding hydrogens is 322 g/mol.